The molecule has 0 radical (unpaired) electrons. The fourth-order valence-electron chi connectivity index (χ4n) is 2.81. The zero-order chi connectivity index (χ0) is 17.1. The van der Waals surface area contributed by atoms with Crippen LogP contribution in [0.15, 0.2) is 41.0 Å². The first kappa shape index (κ1) is 16.2. The molecule has 0 spiro atoms. The van der Waals surface area contributed by atoms with E-state index in [1.54, 1.807) is 12.1 Å². The average Bonchev–Trinajstić information content (AvgIpc) is 3.23. The maximum atomic E-state index is 13.8. The Kier molecular flexibility index (Phi) is 4.59. The number of amides is 2. The minimum Gasteiger partial charge on any atom is -0.467 e. The van der Waals surface area contributed by atoms with Crippen LogP contribution in [0.5, 0.6) is 0 Å². The van der Waals surface area contributed by atoms with Crippen LogP contribution in [0.3, 0.4) is 0 Å². The molecule has 3 rings (SSSR count). The summed E-state index contributed by atoms with van der Waals surface area (Å²) in [5, 5.41) is 2.71. The molecule has 5 nitrogen and oxygen atoms in total. The van der Waals surface area contributed by atoms with Gasteiger partial charge in [-0.3, -0.25) is 9.59 Å². The van der Waals surface area contributed by atoms with E-state index in [-0.39, 0.29) is 18.0 Å². The molecule has 1 aliphatic rings. The van der Waals surface area contributed by atoms with Gasteiger partial charge >= 0.3 is 0 Å². The molecule has 2 heterocycles. The van der Waals surface area contributed by atoms with Crippen LogP contribution in [-0.2, 0) is 11.3 Å². The molecule has 2 amide bonds. The molecule has 1 N–H and O–H groups in total. The van der Waals surface area contributed by atoms with Crippen molar-refractivity contribution in [2.45, 2.75) is 25.4 Å². The number of likely N-dealkylation sites (tertiary alicyclic amines) is 1. The summed E-state index contributed by atoms with van der Waals surface area (Å²) in [6, 6.07) is 5.56. The van der Waals surface area contributed by atoms with Gasteiger partial charge in [0.1, 0.15) is 23.4 Å². The summed E-state index contributed by atoms with van der Waals surface area (Å²) in [6.07, 6.45) is 2.65. The molecular formula is C17H16F2N2O3. The van der Waals surface area contributed by atoms with Crippen LogP contribution in [0.2, 0.25) is 0 Å². The van der Waals surface area contributed by atoms with Crippen molar-refractivity contribution in [3.63, 3.8) is 0 Å². The minimum atomic E-state index is -0.929. The van der Waals surface area contributed by atoms with E-state index < -0.39 is 23.6 Å². The lowest BCUT2D eigenvalue weighted by molar-refractivity contribution is -0.125. The molecule has 1 fully saturated rings. The van der Waals surface area contributed by atoms with Gasteiger partial charge < -0.3 is 14.6 Å². The molecule has 1 saturated heterocycles. The molecule has 24 heavy (non-hydrogen) atoms. The second kappa shape index (κ2) is 6.82. The van der Waals surface area contributed by atoms with Crippen molar-refractivity contribution in [3.05, 3.63) is 59.6 Å². The van der Waals surface area contributed by atoms with Crippen molar-refractivity contribution in [3.8, 4) is 0 Å². The zero-order valence-corrected chi connectivity index (χ0v) is 12.8. The van der Waals surface area contributed by atoms with Crippen molar-refractivity contribution in [2.24, 2.45) is 0 Å². The highest BCUT2D eigenvalue weighted by Crippen LogP contribution is 2.22. The van der Waals surface area contributed by atoms with Gasteiger partial charge in [-0.05, 0) is 37.1 Å². The minimum absolute atomic E-state index is 0.218. The Bertz CT molecular complexity index is 746. The van der Waals surface area contributed by atoms with Gasteiger partial charge in [0.25, 0.3) is 5.91 Å². The Hall–Kier alpha value is -2.70. The predicted octanol–water partition coefficient (Wildman–Crippen LogP) is 2.48. The standard InChI is InChI=1S/C17H16F2N2O3/c18-11-5-6-13(14(19)9-11)17(23)21-7-1-4-15(21)16(22)20-10-12-3-2-8-24-12/h2-3,5-6,8-9,15H,1,4,7,10H2,(H,20,22)/t15-/m1/s1. The zero-order valence-electron chi connectivity index (χ0n) is 12.8. The lowest BCUT2D eigenvalue weighted by atomic mass is 10.1. The molecule has 0 bridgehead atoms. The Morgan fingerprint density at radius 1 is 1.29 bits per heavy atom. The molecule has 0 saturated carbocycles. The third-order valence-corrected chi connectivity index (χ3v) is 3.99. The lowest BCUT2D eigenvalue weighted by Crippen LogP contribution is -2.45. The third kappa shape index (κ3) is 3.29. The SMILES string of the molecule is O=C(NCc1ccco1)[C@H]1CCCN1C(=O)c1ccc(F)cc1F. The Labute approximate surface area is 137 Å². The van der Waals surface area contributed by atoms with E-state index in [1.165, 1.54) is 11.2 Å². The summed E-state index contributed by atoms with van der Waals surface area (Å²) in [5.74, 6) is -2.01. The van der Waals surface area contributed by atoms with Crippen molar-refractivity contribution in [1.29, 1.82) is 0 Å². The van der Waals surface area contributed by atoms with E-state index in [0.717, 1.165) is 12.1 Å². The van der Waals surface area contributed by atoms with E-state index in [4.69, 9.17) is 4.42 Å². The second-order valence-electron chi connectivity index (χ2n) is 5.58. The maximum absolute atomic E-state index is 13.8. The Morgan fingerprint density at radius 3 is 2.83 bits per heavy atom. The van der Waals surface area contributed by atoms with E-state index >= 15 is 0 Å². The van der Waals surface area contributed by atoms with Crippen molar-refractivity contribution in [1.82, 2.24) is 10.2 Å². The van der Waals surface area contributed by atoms with Crippen LogP contribution in [0.25, 0.3) is 0 Å². The van der Waals surface area contributed by atoms with Gasteiger partial charge in [0, 0.05) is 12.6 Å². The second-order valence-corrected chi connectivity index (χ2v) is 5.58. The monoisotopic (exact) mass is 334 g/mol. The van der Waals surface area contributed by atoms with Crippen molar-refractivity contribution < 1.29 is 22.8 Å². The van der Waals surface area contributed by atoms with Crippen LogP contribution in [0.4, 0.5) is 8.78 Å². The number of benzene rings is 1. The first-order valence-electron chi connectivity index (χ1n) is 7.62. The molecule has 1 atom stereocenters. The third-order valence-electron chi connectivity index (χ3n) is 3.99. The topological polar surface area (TPSA) is 62.6 Å². The average molecular weight is 334 g/mol. The Balaban J connectivity index is 1.70. The molecule has 1 aliphatic heterocycles. The van der Waals surface area contributed by atoms with Crippen LogP contribution in [0.1, 0.15) is 29.0 Å². The van der Waals surface area contributed by atoms with Crippen molar-refractivity contribution in [2.75, 3.05) is 6.54 Å². The molecule has 0 aliphatic carbocycles. The largest absolute Gasteiger partial charge is 0.467 e. The first-order chi connectivity index (χ1) is 11.6. The molecule has 7 heteroatoms. The van der Waals surface area contributed by atoms with Crippen molar-refractivity contribution >= 4 is 11.8 Å². The van der Waals surface area contributed by atoms with Crippen LogP contribution in [-0.4, -0.2) is 29.3 Å². The van der Waals surface area contributed by atoms with Gasteiger partial charge in [0.2, 0.25) is 5.91 Å². The van der Waals surface area contributed by atoms with Gasteiger partial charge in [-0.25, -0.2) is 8.78 Å². The highest BCUT2D eigenvalue weighted by atomic mass is 19.1. The number of carbonyl (C=O) groups excluding carboxylic acids is 2. The van der Waals surface area contributed by atoms with Gasteiger partial charge in [-0.15, -0.1) is 0 Å². The smallest absolute Gasteiger partial charge is 0.257 e. The van der Waals surface area contributed by atoms with Crippen LogP contribution >= 0.6 is 0 Å². The molecule has 1 aromatic carbocycles. The number of nitrogens with zero attached hydrogens (tertiary/aromatic N) is 1. The lowest BCUT2D eigenvalue weighted by Gasteiger charge is -2.24. The molecular weight excluding hydrogens is 318 g/mol. The molecule has 2 aromatic rings. The van der Waals surface area contributed by atoms with Gasteiger partial charge in [0.05, 0.1) is 18.4 Å². The number of hydrogen-bond donors (Lipinski definition) is 1. The fraction of sp³-hybridized carbons (Fsp3) is 0.294. The number of halogens is 2. The predicted molar refractivity (Wildman–Crippen MR) is 81.0 cm³/mol. The number of hydrogen-bond acceptors (Lipinski definition) is 3. The summed E-state index contributed by atoms with van der Waals surface area (Å²) in [7, 11) is 0. The van der Waals surface area contributed by atoms with E-state index in [2.05, 4.69) is 5.32 Å². The quantitative estimate of drug-likeness (QED) is 0.934. The summed E-state index contributed by atoms with van der Waals surface area (Å²) < 4.78 is 31.9. The normalized spacial score (nSPS) is 17.1. The van der Waals surface area contributed by atoms with Crippen LogP contribution in [0, 0.1) is 11.6 Å². The van der Waals surface area contributed by atoms with Crippen LogP contribution < -0.4 is 5.32 Å². The fourth-order valence-corrected chi connectivity index (χ4v) is 2.81. The number of rotatable bonds is 4. The van der Waals surface area contributed by atoms with E-state index in [9.17, 15) is 18.4 Å². The van der Waals surface area contributed by atoms with E-state index in [0.29, 0.717) is 31.2 Å². The molecule has 126 valence electrons. The molecule has 0 unspecified atom stereocenters. The van der Waals surface area contributed by atoms with E-state index in [1.807, 2.05) is 0 Å². The summed E-state index contributed by atoms with van der Waals surface area (Å²) >= 11 is 0. The van der Waals surface area contributed by atoms with Gasteiger partial charge in [0.15, 0.2) is 0 Å². The molecule has 1 aromatic heterocycles. The summed E-state index contributed by atoms with van der Waals surface area (Å²) in [5.41, 5.74) is -0.234. The number of carbonyl (C=O) groups is 2. The summed E-state index contributed by atoms with van der Waals surface area (Å²) in [6.45, 7) is 0.573. The Morgan fingerprint density at radius 2 is 2.12 bits per heavy atom. The highest BCUT2D eigenvalue weighted by Gasteiger charge is 2.35. The highest BCUT2D eigenvalue weighted by molar-refractivity contribution is 5.98. The van der Waals surface area contributed by atoms with Gasteiger partial charge in [-0.2, -0.15) is 0 Å². The summed E-state index contributed by atoms with van der Waals surface area (Å²) in [4.78, 5) is 26.1. The number of nitrogens with one attached hydrogen (secondary N) is 1. The first-order valence-corrected chi connectivity index (χ1v) is 7.62. The maximum Gasteiger partial charge on any atom is 0.257 e. The van der Waals surface area contributed by atoms with Gasteiger partial charge in [-0.1, -0.05) is 0 Å². The number of furan rings is 1.